The quantitative estimate of drug-likeness (QED) is 0.796. The van der Waals surface area contributed by atoms with Crippen molar-refractivity contribution in [3.8, 4) is 11.6 Å². The molecule has 2 aromatic rings. The summed E-state index contributed by atoms with van der Waals surface area (Å²) in [6.45, 7) is 7.03. The number of hydrogen-bond donors (Lipinski definition) is 1. The van der Waals surface area contributed by atoms with E-state index >= 15 is 0 Å². The van der Waals surface area contributed by atoms with Gasteiger partial charge in [0.1, 0.15) is 5.75 Å². The van der Waals surface area contributed by atoms with Gasteiger partial charge < -0.3 is 10.1 Å². The van der Waals surface area contributed by atoms with E-state index in [1.165, 1.54) is 0 Å². The fraction of sp³-hybridized carbons (Fsp3) is 0.312. The van der Waals surface area contributed by atoms with E-state index in [0.29, 0.717) is 22.7 Å². The van der Waals surface area contributed by atoms with Gasteiger partial charge in [-0.2, -0.15) is 0 Å². The summed E-state index contributed by atoms with van der Waals surface area (Å²) >= 11 is 9.36. The molecule has 0 saturated carbocycles. The van der Waals surface area contributed by atoms with E-state index in [1.807, 2.05) is 19.2 Å². The van der Waals surface area contributed by atoms with Crippen LogP contribution in [0.15, 0.2) is 34.9 Å². The summed E-state index contributed by atoms with van der Waals surface area (Å²) in [5, 5.41) is 4.03. The Hall–Kier alpha value is -1.10. The standard InChI is InChI=1S/C16H18BrClN2O/c1-10(2)19-8-12-6-11(3)16(20-9-12)21-15-5-4-13(18)7-14(15)17/h4-7,9-10,19H,8H2,1-3H3. The minimum Gasteiger partial charge on any atom is -0.438 e. The maximum absolute atomic E-state index is 5.92. The van der Waals surface area contributed by atoms with Crippen molar-refractivity contribution in [3.05, 3.63) is 51.1 Å². The number of nitrogens with zero attached hydrogens (tertiary/aromatic N) is 1. The topological polar surface area (TPSA) is 34.2 Å². The van der Waals surface area contributed by atoms with Crippen molar-refractivity contribution in [1.82, 2.24) is 10.3 Å². The monoisotopic (exact) mass is 368 g/mol. The number of halogens is 2. The molecule has 21 heavy (non-hydrogen) atoms. The molecule has 1 N–H and O–H groups in total. The van der Waals surface area contributed by atoms with Gasteiger partial charge in [-0.25, -0.2) is 4.98 Å². The molecule has 2 rings (SSSR count). The second kappa shape index (κ2) is 7.25. The molecule has 1 aromatic heterocycles. The van der Waals surface area contributed by atoms with E-state index in [2.05, 4.69) is 46.1 Å². The van der Waals surface area contributed by atoms with Gasteiger partial charge in [0.15, 0.2) is 0 Å². The number of nitrogens with one attached hydrogen (secondary N) is 1. The van der Waals surface area contributed by atoms with Crippen molar-refractivity contribution < 1.29 is 4.74 Å². The van der Waals surface area contributed by atoms with Crippen LogP contribution in [-0.4, -0.2) is 11.0 Å². The van der Waals surface area contributed by atoms with E-state index in [-0.39, 0.29) is 0 Å². The molecule has 0 fully saturated rings. The van der Waals surface area contributed by atoms with E-state index in [9.17, 15) is 0 Å². The van der Waals surface area contributed by atoms with Gasteiger partial charge in [-0.15, -0.1) is 0 Å². The largest absolute Gasteiger partial charge is 0.438 e. The molecule has 0 aliphatic carbocycles. The number of aromatic nitrogens is 1. The molecule has 3 nitrogen and oxygen atoms in total. The van der Waals surface area contributed by atoms with Crippen LogP contribution in [0.3, 0.4) is 0 Å². The summed E-state index contributed by atoms with van der Waals surface area (Å²) in [6, 6.07) is 7.94. The lowest BCUT2D eigenvalue weighted by atomic mass is 10.2. The van der Waals surface area contributed by atoms with Crippen LogP contribution in [0.1, 0.15) is 25.0 Å². The van der Waals surface area contributed by atoms with Crippen molar-refractivity contribution in [1.29, 1.82) is 0 Å². The van der Waals surface area contributed by atoms with Crippen LogP contribution in [0, 0.1) is 6.92 Å². The molecule has 112 valence electrons. The first-order chi connectivity index (χ1) is 9.95. The van der Waals surface area contributed by atoms with E-state index in [0.717, 1.165) is 22.1 Å². The average molecular weight is 370 g/mol. The Morgan fingerprint density at radius 1 is 1.33 bits per heavy atom. The van der Waals surface area contributed by atoms with Crippen LogP contribution >= 0.6 is 27.5 Å². The summed E-state index contributed by atoms with van der Waals surface area (Å²) < 4.78 is 6.65. The highest BCUT2D eigenvalue weighted by atomic mass is 79.9. The molecule has 0 amide bonds. The minimum absolute atomic E-state index is 0.450. The summed E-state index contributed by atoms with van der Waals surface area (Å²) in [6.07, 6.45) is 1.83. The highest BCUT2D eigenvalue weighted by Crippen LogP contribution is 2.32. The molecule has 5 heteroatoms. The third-order valence-electron chi connectivity index (χ3n) is 2.90. The highest BCUT2D eigenvalue weighted by Gasteiger charge is 2.08. The molecule has 0 spiro atoms. The highest BCUT2D eigenvalue weighted by molar-refractivity contribution is 9.10. The Labute approximate surface area is 138 Å². The van der Waals surface area contributed by atoms with E-state index < -0.39 is 0 Å². The number of hydrogen-bond acceptors (Lipinski definition) is 3. The lowest BCUT2D eigenvalue weighted by Crippen LogP contribution is -2.21. The van der Waals surface area contributed by atoms with E-state index in [1.54, 1.807) is 12.1 Å². The smallest absolute Gasteiger partial charge is 0.222 e. The summed E-state index contributed by atoms with van der Waals surface area (Å²) in [5.41, 5.74) is 2.14. The number of ether oxygens (including phenoxy) is 1. The fourth-order valence-electron chi connectivity index (χ4n) is 1.81. The molecule has 0 bridgehead atoms. The number of rotatable bonds is 5. The molecule has 1 aromatic carbocycles. The molecule has 0 atom stereocenters. The van der Waals surface area contributed by atoms with Crippen LogP contribution in [0.2, 0.25) is 5.02 Å². The van der Waals surface area contributed by atoms with Crippen molar-refractivity contribution in [3.63, 3.8) is 0 Å². The summed E-state index contributed by atoms with van der Waals surface area (Å²) in [5.74, 6) is 1.30. The number of aryl methyl sites for hydroxylation is 1. The molecule has 0 unspecified atom stereocenters. The van der Waals surface area contributed by atoms with Crippen LogP contribution in [0.5, 0.6) is 11.6 Å². The van der Waals surface area contributed by atoms with Gasteiger partial charge in [0.05, 0.1) is 4.47 Å². The van der Waals surface area contributed by atoms with Crippen molar-refractivity contribution >= 4 is 27.5 Å². The zero-order valence-corrected chi connectivity index (χ0v) is 14.6. The SMILES string of the molecule is Cc1cc(CNC(C)C)cnc1Oc1ccc(Cl)cc1Br. The average Bonchev–Trinajstić information content (AvgIpc) is 2.42. The maximum Gasteiger partial charge on any atom is 0.222 e. The predicted molar refractivity (Wildman–Crippen MR) is 90.2 cm³/mol. The minimum atomic E-state index is 0.450. The van der Waals surface area contributed by atoms with Crippen LogP contribution < -0.4 is 10.1 Å². The maximum atomic E-state index is 5.92. The molecule has 0 saturated heterocycles. The first-order valence-corrected chi connectivity index (χ1v) is 7.94. The van der Waals surface area contributed by atoms with Crippen molar-refractivity contribution in [2.45, 2.75) is 33.4 Å². The third kappa shape index (κ3) is 4.70. The Morgan fingerprint density at radius 2 is 2.10 bits per heavy atom. The van der Waals surface area contributed by atoms with Gasteiger partial charge >= 0.3 is 0 Å². The molecule has 1 heterocycles. The predicted octanol–water partition coefficient (Wildman–Crippen LogP) is 5.10. The summed E-state index contributed by atoms with van der Waals surface area (Å²) in [7, 11) is 0. The number of pyridine rings is 1. The van der Waals surface area contributed by atoms with Gasteiger partial charge in [0.25, 0.3) is 0 Å². The fourth-order valence-corrected chi connectivity index (χ4v) is 2.57. The van der Waals surface area contributed by atoms with Gasteiger partial charge in [0, 0.05) is 29.4 Å². The van der Waals surface area contributed by atoms with Gasteiger partial charge in [-0.3, -0.25) is 0 Å². The third-order valence-corrected chi connectivity index (χ3v) is 3.76. The second-order valence-electron chi connectivity index (χ2n) is 5.18. The zero-order valence-electron chi connectivity index (χ0n) is 12.3. The first-order valence-electron chi connectivity index (χ1n) is 6.77. The van der Waals surface area contributed by atoms with Crippen molar-refractivity contribution in [2.24, 2.45) is 0 Å². The lowest BCUT2D eigenvalue weighted by molar-refractivity contribution is 0.455. The molecular formula is C16H18BrClN2O. The van der Waals surface area contributed by atoms with Crippen LogP contribution in [0.25, 0.3) is 0 Å². The molecule has 0 aliphatic heterocycles. The molecular weight excluding hydrogens is 352 g/mol. The summed E-state index contributed by atoms with van der Waals surface area (Å²) in [4.78, 5) is 4.40. The molecule has 0 aliphatic rings. The Balaban J connectivity index is 2.13. The van der Waals surface area contributed by atoms with Crippen LogP contribution in [0.4, 0.5) is 0 Å². The van der Waals surface area contributed by atoms with Crippen LogP contribution in [-0.2, 0) is 6.54 Å². The van der Waals surface area contributed by atoms with Gasteiger partial charge in [0.2, 0.25) is 5.88 Å². The number of benzene rings is 1. The first kappa shape index (κ1) is 16.3. The Kier molecular flexibility index (Phi) is 5.62. The molecule has 0 radical (unpaired) electrons. The Morgan fingerprint density at radius 3 is 2.71 bits per heavy atom. The second-order valence-corrected chi connectivity index (χ2v) is 6.47. The zero-order chi connectivity index (χ0) is 15.4. The van der Waals surface area contributed by atoms with Gasteiger partial charge in [-0.1, -0.05) is 25.4 Å². The lowest BCUT2D eigenvalue weighted by Gasteiger charge is -2.12. The van der Waals surface area contributed by atoms with Crippen molar-refractivity contribution in [2.75, 3.05) is 0 Å². The normalized spacial score (nSPS) is 11.0. The van der Waals surface area contributed by atoms with Gasteiger partial charge in [-0.05, 0) is 52.7 Å². The Bertz CT molecular complexity index is 632. The van der Waals surface area contributed by atoms with E-state index in [4.69, 9.17) is 16.3 Å².